The zero-order chi connectivity index (χ0) is 42.0. The van der Waals surface area contributed by atoms with E-state index in [0.29, 0.717) is 32.3 Å². The van der Waals surface area contributed by atoms with Gasteiger partial charge < -0.3 is 29.3 Å². The second kappa shape index (κ2) is 41.3. The quantitative estimate of drug-likeness (QED) is 0.0348. The molecular formula is C47H85NO9. The molecule has 0 saturated carbocycles. The summed E-state index contributed by atoms with van der Waals surface area (Å²) in [4.78, 5) is 49.3. The summed E-state index contributed by atoms with van der Waals surface area (Å²) < 4.78 is 17.1. The molecule has 0 rings (SSSR count). The monoisotopic (exact) mass is 808 g/mol. The predicted molar refractivity (Wildman–Crippen MR) is 232 cm³/mol. The summed E-state index contributed by atoms with van der Waals surface area (Å²) in [7, 11) is 3.96. The number of carboxylic acid groups (broad SMARTS) is 2. The van der Waals surface area contributed by atoms with Crippen LogP contribution in [0.15, 0.2) is 24.3 Å². The van der Waals surface area contributed by atoms with Gasteiger partial charge in [-0.05, 0) is 110 Å². The van der Waals surface area contributed by atoms with Crippen LogP contribution in [0.5, 0.6) is 0 Å². The smallest absolute Gasteiger partial charge is 0.481 e. The third-order valence-electron chi connectivity index (χ3n) is 10.3. The zero-order valence-corrected chi connectivity index (χ0v) is 36.7. The maximum Gasteiger partial charge on any atom is 0.508 e. The molecule has 57 heavy (non-hydrogen) atoms. The van der Waals surface area contributed by atoms with E-state index in [-0.39, 0.29) is 31.3 Å². The first-order chi connectivity index (χ1) is 27.6. The summed E-state index contributed by atoms with van der Waals surface area (Å²) in [6.07, 6.45) is 37.2. The van der Waals surface area contributed by atoms with Gasteiger partial charge in [0.25, 0.3) is 0 Å². The molecule has 0 bridgehead atoms. The van der Waals surface area contributed by atoms with Gasteiger partial charge in [-0.15, -0.1) is 0 Å². The molecule has 332 valence electrons. The molecule has 0 aliphatic rings. The molecular weight excluding hydrogens is 723 g/mol. The summed E-state index contributed by atoms with van der Waals surface area (Å²) in [5, 5.41) is 17.7. The number of ether oxygens (including phenoxy) is 3. The number of aliphatic carboxylic acids is 2. The lowest BCUT2D eigenvalue weighted by Crippen LogP contribution is -2.23. The second-order valence-corrected chi connectivity index (χ2v) is 16.1. The van der Waals surface area contributed by atoms with Crippen LogP contribution in [0, 0.1) is 0 Å². The number of rotatable bonds is 42. The highest BCUT2D eigenvalue weighted by Gasteiger charge is 2.20. The molecule has 0 aliphatic heterocycles. The highest BCUT2D eigenvalue weighted by Crippen LogP contribution is 2.20. The van der Waals surface area contributed by atoms with Gasteiger partial charge in [0.05, 0.1) is 6.61 Å². The maximum atomic E-state index is 13.2. The van der Waals surface area contributed by atoms with E-state index in [2.05, 4.69) is 31.2 Å². The Balaban J connectivity index is 4.82. The summed E-state index contributed by atoms with van der Waals surface area (Å²) in [6, 6.07) is 0. The molecule has 0 amide bonds. The van der Waals surface area contributed by atoms with Crippen LogP contribution in [-0.4, -0.2) is 78.6 Å². The Kier molecular flexibility index (Phi) is 39.2. The van der Waals surface area contributed by atoms with Crippen molar-refractivity contribution < 1.29 is 43.6 Å². The highest BCUT2D eigenvalue weighted by molar-refractivity contribution is 5.69. The van der Waals surface area contributed by atoms with Gasteiger partial charge in [0, 0.05) is 25.8 Å². The van der Waals surface area contributed by atoms with Crippen LogP contribution in [-0.2, 0) is 28.6 Å². The van der Waals surface area contributed by atoms with Crippen LogP contribution in [0.1, 0.15) is 212 Å². The number of hydrogen-bond acceptors (Lipinski definition) is 8. The Morgan fingerprint density at radius 3 is 1.42 bits per heavy atom. The molecule has 0 aliphatic carbocycles. The van der Waals surface area contributed by atoms with Gasteiger partial charge in [-0.3, -0.25) is 14.4 Å². The number of hydrogen-bond donors (Lipinski definition) is 2. The van der Waals surface area contributed by atoms with E-state index in [1.165, 1.54) is 44.9 Å². The van der Waals surface area contributed by atoms with Crippen LogP contribution in [0.4, 0.5) is 4.79 Å². The standard InChI is InChI=1S/C47H85NO9/c1-4-5-6-7-8-9-10-11-12-13-14-15-16-17-22-29-35-43(57-47(54)55-41-32-40-48(2)3)38-39-46(53)56-42(33-27-23-18-20-25-30-36-44(49)50)34-28-24-19-21-26-31-37-45(51)52/h8-9,11-12,42-43H,4-7,10,13-41H2,1-3H3,(H,49,50)(H,51,52)/b9-8-,12-11-. The van der Waals surface area contributed by atoms with Crippen LogP contribution in [0.25, 0.3) is 0 Å². The lowest BCUT2D eigenvalue weighted by atomic mass is 10.0. The van der Waals surface area contributed by atoms with Crippen molar-refractivity contribution in [3.63, 3.8) is 0 Å². The minimum Gasteiger partial charge on any atom is -0.481 e. The number of unbranched alkanes of at least 4 members (excludes halogenated alkanes) is 19. The molecule has 0 aromatic rings. The molecule has 1 unspecified atom stereocenters. The van der Waals surface area contributed by atoms with Crippen molar-refractivity contribution in [3.8, 4) is 0 Å². The van der Waals surface area contributed by atoms with Crippen molar-refractivity contribution in [2.45, 2.75) is 225 Å². The Hall–Kier alpha value is -2.88. The van der Waals surface area contributed by atoms with E-state index in [1.807, 2.05) is 19.0 Å². The molecule has 0 fully saturated rings. The molecule has 1 atom stereocenters. The fraction of sp³-hybridized carbons (Fsp3) is 0.830. The molecule has 10 nitrogen and oxygen atoms in total. The molecule has 0 saturated heterocycles. The minimum absolute atomic E-state index is 0.162. The average Bonchev–Trinajstić information content (AvgIpc) is 3.16. The summed E-state index contributed by atoms with van der Waals surface area (Å²) in [5.74, 6) is -1.75. The number of carbonyl (C=O) groups excluding carboxylic acids is 2. The van der Waals surface area contributed by atoms with Crippen molar-refractivity contribution in [2.24, 2.45) is 0 Å². The van der Waals surface area contributed by atoms with Gasteiger partial charge in [0.1, 0.15) is 12.2 Å². The Morgan fingerprint density at radius 2 is 0.947 bits per heavy atom. The SMILES string of the molecule is CCCCC/C=C\C/C=C\CCCCCCCCC(CCC(=O)OC(CCCCCCCCC(=O)O)CCCCCCCCC(=O)O)OC(=O)OCCCN(C)C. The van der Waals surface area contributed by atoms with E-state index >= 15 is 0 Å². The van der Waals surface area contributed by atoms with E-state index in [9.17, 15) is 19.2 Å². The van der Waals surface area contributed by atoms with Gasteiger partial charge in [0.15, 0.2) is 0 Å². The first-order valence-electron chi connectivity index (χ1n) is 23.0. The number of nitrogens with zero attached hydrogens (tertiary/aromatic N) is 1. The van der Waals surface area contributed by atoms with E-state index in [1.54, 1.807) is 0 Å². The third kappa shape index (κ3) is 42.5. The van der Waals surface area contributed by atoms with E-state index in [4.69, 9.17) is 24.4 Å². The summed E-state index contributed by atoms with van der Waals surface area (Å²) >= 11 is 0. The van der Waals surface area contributed by atoms with Gasteiger partial charge in [-0.1, -0.05) is 121 Å². The highest BCUT2D eigenvalue weighted by atomic mass is 16.7. The largest absolute Gasteiger partial charge is 0.508 e. The van der Waals surface area contributed by atoms with Crippen molar-refractivity contribution in [1.29, 1.82) is 0 Å². The van der Waals surface area contributed by atoms with E-state index < -0.39 is 24.2 Å². The molecule has 0 aromatic carbocycles. The maximum absolute atomic E-state index is 13.2. The molecule has 0 radical (unpaired) electrons. The molecule has 2 N–H and O–H groups in total. The Bertz CT molecular complexity index is 998. The van der Waals surface area contributed by atoms with Crippen LogP contribution >= 0.6 is 0 Å². The first kappa shape index (κ1) is 54.1. The van der Waals surface area contributed by atoms with Crippen molar-refractivity contribution in [3.05, 3.63) is 24.3 Å². The minimum atomic E-state index is -0.745. The van der Waals surface area contributed by atoms with Crippen LogP contribution < -0.4 is 0 Å². The lowest BCUT2D eigenvalue weighted by Gasteiger charge is -2.20. The summed E-state index contributed by atoms with van der Waals surface area (Å²) in [6.45, 7) is 3.35. The first-order valence-corrected chi connectivity index (χ1v) is 23.0. The third-order valence-corrected chi connectivity index (χ3v) is 10.3. The predicted octanol–water partition coefficient (Wildman–Crippen LogP) is 12.8. The number of carbonyl (C=O) groups is 4. The fourth-order valence-electron chi connectivity index (χ4n) is 6.83. The van der Waals surface area contributed by atoms with Gasteiger partial charge in [0.2, 0.25) is 0 Å². The van der Waals surface area contributed by atoms with Crippen molar-refractivity contribution in [2.75, 3.05) is 27.2 Å². The van der Waals surface area contributed by atoms with Crippen LogP contribution in [0.2, 0.25) is 0 Å². The van der Waals surface area contributed by atoms with Crippen molar-refractivity contribution in [1.82, 2.24) is 4.90 Å². The van der Waals surface area contributed by atoms with Crippen molar-refractivity contribution >= 4 is 24.1 Å². The Labute approximate surface area is 347 Å². The van der Waals surface area contributed by atoms with Gasteiger partial charge in [-0.2, -0.15) is 0 Å². The molecule has 0 spiro atoms. The molecule has 0 heterocycles. The lowest BCUT2D eigenvalue weighted by molar-refractivity contribution is -0.150. The number of carboxylic acids is 2. The zero-order valence-electron chi connectivity index (χ0n) is 36.7. The second-order valence-electron chi connectivity index (χ2n) is 16.1. The van der Waals surface area contributed by atoms with Crippen LogP contribution in [0.3, 0.4) is 0 Å². The van der Waals surface area contributed by atoms with E-state index in [0.717, 1.165) is 122 Å². The molecule has 10 heteroatoms. The van der Waals surface area contributed by atoms with Gasteiger partial charge in [-0.25, -0.2) is 4.79 Å². The molecule has 0 aromatic heterocycles. The van der Waals surface area contributed by atoms with Gasteiger partial charge >= 0.3 is 24.1 Å². The summed E-state index contributed by atoms with van der Waals surface area (Å²) in [5.41, 5.74) is 0. The topological polar surface area (TPSA) is 140 Å². The normalized spacial score (nSPS) is 12.2. The number of esters is 1. The fourth-order valence-corrected chi connectivity index (χ4v) is 6.83. The number of allylic oxidation sites excluding steroid dienone is 4. The Morgan fingerprint density at radius 1 is 0.509 bits per heavy atom. The average molecular weight is 808 g/mol.